The van der Waals surface area contributed by atoms with Crippen molar-refractivity contribution in [2.24, 2.45) is 16.6 Å². The molecule has 0 spiro atoms. The van der Waals surface area contributed by atoms with Crippen LogP contribution < -0.4 is 21.1 Å². The first-order valence-corrected chi connectivity index (χ1v) is 8.80. The molecule has 1 amide bonds. The van der Waals surface area contributed by atoms with Gasteiger partial charge in [0.25, 0.3) is 0 Å². The fourth-order valence-electron chi connectivity index (χ4n) is 3.02. The Kier molecular flexibility index (Phi) is 7.80. The van der Waals surface area contributed by atoms with E-state index in [1.54, 1.807) is 0 Å². The zero-order chi connectivity index (χ0) is 16.8. The summed E-state index contributed by atoms with van der Waals surface area (Å²) in [7, 11) is 0. The maximum absolute atomic E-state index is 11.7. The number of nitrogens with two attached hydrogens (primary N) is 1. The molecule has 1 unspecified atom stereocenters. The van der Waals surface area contributed by atoms with E-state index in [4.69, 9.17) is 10.5 Å². The van der Waals surface area contributed by atoms with Crippen LogP contribution in [0, 0.1) is 5.92 Å². The van der Waals surface area contributed by atoms with Gasteiger partial charge in [-0.1, -0.05) is 24.6 Å². The van der Waals surface area contributed by atoms with Crippen LogP contribution in [0.15, 0.2) is 29.3 Å². The van der Waals surface area contributed by atoms with Crippen LogP contribution in [0.1, 0.15) is 43.7 Å². The lowest BCUT2D eigenvalue weighted by Crippen LogP contribution is -2.37. The van der Waals surface area contributed by atoms with E-state index in [2.05, 4.69) is 21.7 Å². The van der Waals surface area contributed by atoms with Gasteiger partial charge in [0.05, 0.1) is 12.6 Å². The van der Waals surface area contributed by atoms with Gasteiger partial charge in [-0.3, -0.25) is 9.79 Å². The Balaban J connectivity index is 0.00000225. The molecule has 1 aromatic rings. The van der Waals surface area contributed by atoms with Crippen LogP contribution in [-0.2, 0) is 4.79 Å². The number of hydrogen-bond donors (Lipinski definition) is 3. The summed E-state index contributed by atoms with van der Waals surface area (Å²) >= 11 is 0. The Morgan fingerprint density at radius 1 is 1.28 bits per heavy atom. The minimum atomic E-state index is 0. The number of halogens is 1. The molecule has 1 aromatic carbocycles. The fraction of sp³-hybridized carbons (Fsp3) is 0.556. The Hall–Kier alpha value is -1.51. The largest absolute Gasteiger partial charge is 0.493 e. The number of ether oxygens (including phenoxy) is 1. The van der Waals surface area contributed by atoms with E-state index in [0.29, 0.717) is 25.7 Å². The molecule has 1 atom stereocenters. The highest BCUT2D eigenvalue weighted by molar-refractivity contribution is 14.0. The first-order chi connectivity index (χ1) is 11.7. The third-order valence-electron chi connectivity index (χ3n) is 4.67. The second-order valence-electron chi connectivity index (χ2n) is 6.41. The number of amides is 1. The number of benzene rings is 1. The number of hydrogen-bond acceptors (Lipinski definition) is 3. The van der Waals surface area contributed by atoms with Crippen molar-refractivity contribution in [2.45, 2.75) is 38.1 Å². The summed E-state index contributed by atoms with van der Waals surface area (Å²) < 4.78 is 5.64. The highest BCUT2D eigenvalue weighted by Gasteiger charge is 2.24. The summed E-state index contributed by atoms with van der Waals surface area (Å²) in [5, 5.41) is 6.24. The smallest absolute Gasteiger partial charge is 0.223 e. The molecule has 1 saturated carbocycles. The molecular weight excluding hydrogens is 431 g/mol. The van der Waals surface area contributed by atoms with Crippen LogP contribution in [-0.4, -0.2) is 31.6 Å². The molecular formula is C18H27IN4O2. The van der Waals surface area contributed by atoms with Crippen LogP contribution in [0.2, 0.25) is 0 Å². The summed E-state index contributed by atoms with van der Waals surface area (Å²) in [6.07, 6.45) is 4.91. The molecule has 0 bridgehead atoms. The first-order valence-electron chi connectivity index (χ1n) is 8.80. The Bertz CT molecular complexity index is 604. The average molecular weight is 458 g/mol. The third-order valence-corrected chi connectivity index (χ3v) is 4.67. The van der Waals surface area contributed by atoms with Crippen LogP contribution in [0.25, 0.3) is 0 Å². The zero-order valence-electron chi connectivity index (χ0n) is 14.4. The van der Waals surface area contributed by atoms with Gasteiger partial charge < -0.3 is 21.1 Å². The quantitative estimate of drug-likeness (QED) is 0.264. The maximum Gasteiger partial charge on any atom is 0.223 e. The van der Waals surface area contributed by atoms with Crippen molar-refractivity contribution < 1.29 is 9.53 Å². The molecule has 0 saturated heterocycles. The molecule has 3 rings (SSSR count). The minimum Gasteiger partial charge on any atom is -0.493 e. The highest BCUT2D eigenvalue weighted by Crippen LogP contribution is 2.31. The minimum absolute atomic E-state index is 0. The van der Waals surface area contributed by atoms with Gasteiger partial charge in [-0.25, -0.2) is 0 Å². The van der Waals surface area contributed by atoms with Gasteiger partial charge in [-0.15, -0.1) is 24.0 Å². The summed E-state index contributed by atoms with van der Waals surface area (Å²) in [4.78, 5) is 16.1. The van der Waals surface area contributed by atoms with Gasteiger partial charge in [-0.2, -0.15) is 0 Å². The predicted molar refractivity (Wildman–Crippen MR) is 109 cm³/mol. The number of para-hydroxylation sites is 1. The number of nitrogens with zero attached hydrogens (tertiary/aromatic N) is 1. The number of carbonyl (C=O) groups is 1. The Morgan fingerprint density at radius 3 is 2.84 bits per heavy atom. The van der Waals surface area contributed by atoms with Crippen molar-refractivity contribution in [3.8, 4) is 5.75 Å². The lowest BCUT2D eigenvalue weighted by molar-refractivity contribution is -0.127. The van der Waals surface area contributed by atoms with E-state index in [1.807, 2.05) is 18.2 Å². The van der Waals surface area contributed by atoms with Crippen molar-refractivity contribution in [3.63, 3.8) is 0 Å². The van der Waals surface area contributed by atoms with Crippen LogP contribution >= 0.6 is 24.0 Å². The van der Waals surface area contributed by atoms with E-state index in [-0.39, 0.29) is 41.8 Å². The average Bonchev–Trinajstić information content (AvgIpc) is 2.53. The summed E-state index contributed by atoms with van der Waals surface area (Å²) in [5.74, 6) is 1.79. The van der Waals surface area contributed by atoms with Crippen molar-refractivity contribution in [3.05, 3.63) is 29.8 Å². The maximum atomic E-state index is 11.7. The topological polar surface area (TPSA) is 88.7 Å². The van der Waals surface area contributed by atoms with Crippen LogP contribution in [0.3, 0.4) is 0 Å². The molecule has 1 aliphatic carbocycles. The van der Waals surface area contributed by atoms with Gasteiger partial charge in [0.15, 0.2) is 5.96 Å². The summed E-state index contributed by atoms with van der Waals surface area (Å²) in [5.41, 5.74) is 7.11. The van der Waals surface area contributed by atoms with Gasteiger partial charge in [-0.05, 0) is 25.3 Å². The molecule has 6 nitrogen and oxygen atoms in total. The number of carbonyl (C=O) groups excluding carboxylic acids is 1. The normalized spacial score (nSPS) is 19.7. The number of nitrogens with one attached hydrogen (secondary N) is 2. The molecule has 1 heterocycles. The van der Waals surface area contributed by atoms with Crippen LogP contribution in [0.5, 0.6) is 5.75 Å². The second-order valence-corrected chi connectivity index (χ2v) is 6.41. The molecule has 0 aromatic heterocycles. The Morgan fingerprint density at radius 2 is 2.08 bits per heavy atom. The fourth-order valence-corrected chi connectivity index (χ4v) is 3.02. The van der Waals surface area contributed by atoms with Crippen molar-refractivity contribution in [2.75, 3.05) is 19.7 Å². The summed E-state index contributed by atoms with van der Waals surface area (Å²) in [6.45, 7) is 1.94. The number of rotatable bonds is 6. The number of guanidine groups is 1. The second kappa shape index (κ2) is 9.84. The third kappa shape index (κ3) is 5.49. The van der Waals surface area contributed by atoms with Gasteiger partial charge in [0, 0.05) is 31.0 Å². The van der Waals surface area contributed by atoms with E-state index in [1.165, 1.54) is 6.42 Å². The van der Waals surface area contributed by atoms with Crippen molar-refractivity contribution in [1.82, 2.24) is 10.6 Å². The molecule has 138 valence electrons. The lowest BCUT2D eigenvalue weighted by Gasteiger charge is -2.27. The summed E-state index contributed by atoms with van der Waals surface area (Å²) in [6, 6.07) is 8.13. The highest BCUT2D eigenvalue weighted by atomic mass is 127. The zero-order valence-corrected chi connectivity index (χ0v) is 16.7. The standard InChI is InChI=1S/C18H26N4O2.HI/c19-18(21-11-4-10-20-17(23)13-5-3-6-13)22-15-9-12-24-16-8-2-1-7-14(15)16;/h1-2,7-8,13,15H,3-6,9-12H2,(H,20,23)(H3,19,21,22);1H. The monoisotopic (exact) mass is 458 g/mol. The van der Waals surface area contributed by atoms with E-state index in [0.717, 1.165) is 37.0 Å². The van der Waals surface area contributed by atoms with E-state index >= 15 is 0 Å². The lowest BCUT2D eigenvalue weighted by atomic mass is 9.85. The van der Waals surface area contributed by atoms with Crippen LogP contribution in [0.4, 0.5) is 0 Å². The number of aliphatic imine (C=N–C) groups is 1. The molecule has 1 aliphatic heterocycles. The first kappa shape index (κ1) is 19.8. The van der Waals surface area contributed by atoms with Gasteiger partial charge >= 0.3 is 0 Å². The molecule has 0 radical (unpaired) electrons. The van der Waals surface area contributed by atoms with Gasteiger partial charge in [0.1, 0.15) is 5.75 Å². The molecule has 4 N–H and O–H groups in total. The SMILES string of the molecule is I.NC(=NCCCNC(=O)C1CCC1)NC1CCOc2ccccc21. The van der Waals surface area contributed by atoms with Crippen molar-refractivity contribution in [1.29, 1.82) is 0 Å². The molecule has 25 heavy (non-hydrogen) atoms. The van der Waals surface area contributed by atoms with E-state index < -0.39 is 0 Å². The molecule has 7 heteroatoms. The number of fused-ring (bicyclic) bond motifs is 1. The molecule has 1 fully saturated rings. The predicted octanol–water partition coefficient (Wildman–Crippen LogP) is 2.34. The molecule has 2 aliphatic rings. The van der Waals surface area contributed by atoms with E-state index in [9.17, 15) is 4.79 Å². The van der Waals surface area contributed by atoms with Crippen molar-refractivity contribution >= 4 is 35.8 Å². The Labute approximate surface area is 166 Å². The van der Waals surface area contributed by atoms with Gasteiger partial charge in [0.2, 0.25) is 5.91 Å².